The highest BCUT2D eigenvalue weighted by Crippen LogP contribution is 2.62. The van der Waals surface area contributed by atoms with E-state index >= 15 is 0 Å². The van der Waals surface area contributed by atoms with Crippen LogP contribution in [0, 0.1) is 29.4 Å². The van der Waals surface area contributed by atoms with Crippen molar-refractivity contribution < 1.29 is 13.6 Å². The van der Waals surface area contributed by atoms with Gasteiger partial charge in [-0.2, -0.15) is 0 Å². The molecule has 30 heavy (non-hydrogen) atoms. The molecule has 2 aliphatic rings. The summed E-state index contributed by atoms with van der Waals surface area (Å²) in [6, 6.07) is 9.71. The molecule has 1 N–H and O–H groups in total. The number of hydrogen-bond acceptors (Lipinski definition) is 2. The first-order valence-corrected chi connectivity index (χ1v) is 10.7. The van der Waals surface area contributed by atoms with E-state index in [2.05, 4.69) is 17.2 Å². The molecule has 0 aliphatic heterocycles. The number of carbonyl (C=O) groups excluding carboxylic acids is 1. The van der Waals surface area contributed by atoms with Gasteiger partial charge in [0.25, 0.3) is 5.91 Å². The van der Waals surface area contributed by atoms with Crippen molar-refractivity contribution in [3.05, 3.63) is 64.9 Å². The minimum Gasteiger partial charge on any atom is -0.349 e. The Morgan fingerprint density at radius 1 is 1.23 bits per heavy atom. The van der Waals surface area contributed by atoms with E-state index in [4.69, 9.17) is 11.6 Å². The van der Waals surface area contributed by atoms with Crippen LogP contribution in [0.4, 0.5) is 8.78 Å². The van der Waals surface area contributed by atoms with Crippen LogP contribution in [0.2, 0.25) is 5.02 Å². The fourth-order valence-corrected chi connectivity index (χ4v) is 5.54. The molecule has 0 bridgehead atoms. The third-order valence-corrected chi connectivity index (χ3v) is 7.04. The second kappa shape index (κ2) is 7.34. The molecular formula is C23H22ClF2N3O. The number of amides is 1. The Balaban J connectivity index is 1.27. The van der Waals surface area contributed by atoms with Gasteiger partial charge in [0.15, 0.2) is 11.6 Å². The van der Waals surface area contributed by atoms with Crippen LogP contribution in [0.15, 0.2) is 42.7 Å². The number of nitrogens with one attached hydrogen (secondary N) is 1. The number of benzene rings is 2. The molecule has 156 valence electrons. The largest absolute Gasteiger partial charge is 0.349 e. The summed E-state index contributed by atoms with van der Waals surface area (Å²) in [6.07, 6.45) is 4.48. The van der Waals surface area contributed by atoms with Gasteiger partial charge >= 0.3 is 0 Å². The van der Waals surface area contributed by atoms with Crippen molar-refractivity contribution in [3.8, 4) is 0 Å². The molecule has 3 aromatic rings. The summed E-state index contributed by atoms with van der Waals surface area (Å²) in [5, 5.41) is 3.73. The van der Waals surface area contributed by atoms with E-state index in [-0.39, 0.29) is 18.0 Å². The summed E-state index contributed by atoms with van der Waals surface area (Å²) in [5.74, 6) is -0.296. The van der Waals surface area contributed by atoms with E-state index in [1.807, 2.05) is 4.57 Å². The van der Waals surface area contributed by atoms with Gasteiger partial charge in [-0.05, 0) is 55.2 Å². The van der Waals surface area contributed by atoms with Crippen molar-refractivity contribution in [2.75, 3.05) is 0 Å². The lowest BCUT2D eigenvalue weighted by Crippen LogP contribution is -2.37. The van der Waals surface area contributed by atoms with Gasteiger partial charge in [0, 0.05) is 34.8 Å². The average Bonchev–Trinajstić information content (AvgIpc) is 3.03. The lowest BCUT2D eigenvalue weighted by molar-refractivity contribution is 0.0927. The molecule has 5 rings (SSSR count). The SMILES string of the molecule is CC[C@@H](NC(=O)c1cccc(Cl)c1)C1[C@H]2CC(n3cnc4cc(F)c(F)cc43)C[C@@H]12. The van der Waals surface area contributed by atoms with Gasteiger partial charge in [-0.3, -0.25) is 4.79 Å². The van der Waals surface area contributed by atoms with E-state index in [0.29, 0.717) is 39.4 Å². The maximum atomic E-state index is 13.7. The molecule has 0 spiro atoms. The lowest BCUT2D eigenvalue weighted by Gasteiger charge is -2.22. The van der Waals surface area contributed by atoms with Crippen molar-refractivity contribution >= 4 is 28.5 Å². The van der Waals surface area contributed by atoms with Crippen LogP contribution in [0.1, 0.15) is 42.6 Å². The van der Waals surface area contributed by atoms with Crippen LogP contribution in [-0.2, 0) is 0 Å². The summed E-state index contributed by atoms with van der Waals surface area (Å²) in [5.41, 5.74) is 1.69. The van der Waals surface area contributed by atoms with E-state index < -0.39 is 11.6 Å². The first kappa shape index (κ1) is 19.5. The fourth-order valence-electron chi connectivity index (χ4n) is 5.35. The zero-order valence-corrected chi connectivity index (χ0v) is 17.2. The molecule has 2 unspecified atom stereocenters. The molecule has 2 aliphatic carbocycles. The molecule has 2 aromatic carbocycles. The van der Waals surface area contributed by atoms with Crippen LogP contribution in [0.25, 0.3) is 11.0 Å². The molecule has 1 amide bonds. The van der Waals surface area contributed by atoms with Crippen molar-refractivity contribution in [1.29, 1.82) is 0 Å². The Kier molecular flexibility index (Phi) is 4.77. The molecule has 2 fully saturated rings. The maximum absolute atomic E-state index is 13.7. The maximum Gasteiger partial charge on any atom is 0.251 e. The lowest BCUT2D eigenvalue weighted by atomic mass is 9.98. The average molecular weight is 430 g/mol. The zero-order valence-electron chi connectivity index (χ0n) is 16.5. The van der Waals surface area contributed by atoms with Gasteiger partial charge in [0.2, 0.25) is 0 Å². The Morgan fingerprint density at radius 2 is 1.97 bits per heavy atom. The minimum absolute atomic E-state index is 0.0935. The van der Waals surface area contributed by atoms with Crippen molar-refractivity contribution in [2.45, 2.75) is 38.3 Å². The van der Waals surface area contributed by atoms with E-state index in [0.717, 1.165) is 25.3 Å². The zero-order chi connectivity index (χ0) is 21.0. The number of nitrogens with zero attached hydrogens (tertiary/aromatic N) is 2. The second-order valence-corrected chi connectivity index (χ2v) is 8.87. The molecule has 4 nitrogen and oxygen atoms in total. The summed E-state index contributed by atoms with van der Waals surface area (Å²) < 4.78 is 29.2. The molecule has 7 heteroatoms. The standard InChI is InChI=1S/C23H22ClF2N3O/c1-2-19(28-23(30)12-4-3-5-13(24)6-12)22-15-7-14(8-16(15)22)29-11-27-20-9-17(25)18(26)10-21(20)29/h3-6,9-11,14-16,19,22H,2,7-8H2,1H3,(H,28,30)/t14?,15-,16+,19-,22?/m1/s1. The van der Waals surface area contributed by atoms with E-state index in [1.165, 1.54) is 6.07 Å². The quantitative estimate of drug-likeness (QED) is 0.592. The van der Waals surface area contributed by atoms with Gasteiger partial charge in [-0.1, -0.05) is 24.6 Å². The number of hydrogen-bond donors (Lipinski definition) is 1. The van der Waals surface area contributed by atoms with Crippen LogP contribution in [-0.4, -0.2) is 21.5 Å². The van der Waals surface area contributed by atoms with Gasteiger partial charge in [0.1, 0.15) is 0 Å². The predicted octanol–water partition coefficient (Wildman–Crippen LogP) is 5.37. The molecule has 0 radical (unpaired) electrons. The first-order chi connectivity index (χ1) is 14.5. The monoisotopic (exact) mass is 429 g/mol. The van der Waals surface area contributed by atoms with Gasteiger partial charge in [-0.25, -0.2) is 13.8 Å². The number of imidazole rings is 1. The molecular weight excluding hydrogens is 408 g/mol. The third-order valence-electron chi connectivity index (χ3n) is 6.80. The Bertz CT molecular complexity index is 1120. The van der Waals surface area contributed by atoms with Crippen LogP contribution in [0.3, 0.4) is 0 Å². The number of aromatic nitrogens is 2. The summed E-state index contributed by atoms with van der Waals surface area (Å²) in [4.78, 5) is 16.9. The van der Waals surface area contributed by atoms with E-state index in [1.54, 1.807) is 30.6 Å². The predicted molar refractivity (Wildman–Crippen MR) is 111 cm³/mol. The van der Waals surface area contributed by atoms with Gasteiger partial charge in [-0.15, -0.1) is 0 Å². The minimum atomic E-state index is -0.872. The molecule has 0 saturated heterocycles. The third kappa shape index (κ3) is 3.27. The van der Waals surface area contributed by atoms with Gasteiger partial charge < -0.3 is 9.88 Å². The molecule has 1 aromatic heterocycles. The van der Waals surface area contributed by atoms with Gasteiger partial charge in [0.05, 0.1) is 17.4 Å². The van der Waals surface area contributed by atoms with Crippen LogP contribution in [0.5, 0.6) is 0 Å². The fraction of sp³-hybridized carbons (Fsp3) is 0.391. The van der Waals surface area contributed by atoms with Crippen LogP contribution < -0.4 is 5.32 Å². The Hall–Kier alpha value is -2.47. The number of fused-ring (bicyclic) bond motifs is 2. The van der Waals surface area contributed by atoms with E-state index in [9.17, 15) is 13.6 Å². The van der Waals surface area contributed by atoms with Crippen molar-refractivity contribution in [1.82, 2.24) is 14.9 Å². The summed E-state index contributed by atoms with van der Waals surface area (Å²) >= 11 is 6.01. The highest BCUT2D eigenvalue weighted by Gasteiger charge is 2.59. The normalized spacial score (nSPS) is 25.9. The highest BCUT2D eigenvalue weighted by molar-refractivity contribution is 6.30. The Labute approximate surface area is 178 Å². The van der Waals surface area contributed by atoms with Crippen molar-refractivity contribution in [2.24, 2.45) is 17.8 Å². The molecule has 2 saturated carbocycles. The number of carbonyl (C=O) groups is 1. The van der Waals surface area contributed by atoms with Crippen molar-refractivity contribution in [3.63, 3.8) is 0 Å². The smallest absolute Gasteiger partial charge is 0.251 e. The summed E-state index contributed by atoms with van der Waals surface area (Å²) in [7, 11) is 0. The van der Waals surface area contributed by atoms with Crippen LogP contribution >= 0.6 is 11.6 Å². The highest BCUT2D eigenvalue weighted by atomic mass is 35.5. The Morgan fingerprint density at radius 3 is 2.67 bits per heavy atom. The summed E-state index contributed by atoms with van der Waals surface area (Å²) in [6.45, 7) is 2.09. The number of rotatable bonds is 5. The number of halogens is 3. The topological polar surface area (TPSA) is 46.9 Å². The molecule has 1 heterocycles. The molecule has 5 atom stereocenters. The second-order valence-electron chi connectivity index (χ2n) is 8.44. The first-order valence-electron chi connectivity index (χ1n) is 10.3.